The molecule has 0 aliphatic carbocycles. The molecule has 4 aromatic rings. The SMILES string of the molecule is C#Cc1c(F)ccc2cc(N)cc(-c3ncc4c(N5CC6CCC(C5)N6)nc(C)c(C)c4c3F)c12. The van der Waals surface area contributed by atoms with Gasteiger partial charge in [0.25, 0.3) is 0 Å². The van der Waals surface area contributed by atoms with E-state index in [-0.39, 0.29) is 11.3 Å². The van der Waals surface area contributed by atoms with Crippen LogP contribution in [-0.4, -0.2) is 35.1 Å². The van der Waals surface area contributed by atoms with Crippen LogP contribution in [0.4, 0.5) is 20.3 Å². The molecule has 35 heavy (non-hydrogen) atoms. The summed E-state index contributed by atoms with van der Waals surface area (Å²) in [7, 11) is 0. The molecule has 2 bridgehead atoms. The van der Waals surface area contributed by atoms with Crippen LogP contribution in [0.1, 0.15) is 29.7 Å². The lowest BCUT2D eigenvalue weighted by Gasteiger charge is -2.34. The summed E-state index contributed by atoms with van der Waals surface area (Å²) in [6, 6.07) is 7.05. The van der Waals surface area contributed by atoms with E-state index in [9.17, 15) is 4.39 Å². The molecule has 0 spiro atoms. The first-order chi connectivity index (χ1) is 16.9. The van der Waals surface area contributed by atoms with Crippen molar-refractivity contribution < 1.29 is 8.78 Å². The molecular formula is C28H25F2N5. The Balaban J connectivity index is 1.62. The van der Waals surface area contributed by atoms with Crippen LogP contribution in [0.15, 0.2) is 30.5 Å². The smallest absolute Gasteiger partial charge is 0.157 e. The van der Waals surface area contributed by atoms with E-state index in [0.717, 1.165) is 43.0 Å². The molecule has 2 saturated heterocycles. The van der Waals surface area contributed by atoms with Crippen LogP contribution in [0.5, 0.6) is 0 Å². The molecule has 6 rings (SSSR count). The average molecular weight is 470 g/mol. The number of nitrogens with one attached hydrogen (secondary N) is 1. The van der Waals surface area contributed by atoms with Gasteiger partial charge in [-0.05, 0) is 55.8 Å². The predicted octanol–water partition coefficient (Wildman–Crippen LogP) is 4.85. The highest BCUT2D eigenvalue weighted by Crippen LogP contribution is 2.39. The molecule has 2 unspecified atom stereocenters. The van der Waals surface area contributed by atoms with Crippen molar-refractivity contribution in [1.29, 1.82) is 0 Å². The zero-order valence-corrected chi connectivity index (χ0v) is 19.6. The number of pyridine rings is 2. The summed E-state index contributed by atoms with van der Waals surface area (Å²) >= 11 is 0. The van der Waals surface area contributed by atoms with E-state index >= 15 is 4.39 Å². The van der Waals surface area contributed by atoms with Gasteiger partial charge in [-0.3, -0.25) is 4.98 Å². The van der Waals surface area contributed by atoms with Gasteiger partial charge in [-0.2, -0.15) is 0 Å². The fourth-order valence-corrected chi connectivity index (χ4v) is 5.70. The highest BCUT2D eigenvalue weighted by molar-refractivity contribution is 6.04. The van der Waals surface area contributed by atoms with Crippen molar-refractivity contribution in [2.24, 2.45) is 0 Å². The van der Waals surface area contributed by atoms with Crippen LogP contribution in [0.2, 0.25) is 0 Å². The largest absolute Gasteiger partial charge is 0.399 e. The number of nitrogen functional groups attached to an aromatic ring is 1. The zero-order chi connectivity index (χ0) is 24.4. The number of nitrogens with two attached hydrogens (primary N) is 1. The number of halogens is 2. The summed E-state index contributed by atoms with van der Waals surface area (Å²) in [6.07, 6.45) is 9.60. The topological polar surface area (TPSA) is 67.1 Å². The molecule has 0 amide bonds. The van der Waals surface area contributed by atoms with Gasteiger partial charge in [0.15, 0.2) is 5.82 Å². The van der Waals surface area contributed by atoms with Crippen molar-refractivity contribution in [1.82, 2.24) is 15.3 Å². The van der Waals surface area contributed by atoms with Gasteiger partial charge in [-0.25, -0.2) is 13.8 Å². The standard InChI is InChI=1S/C28H25F2N5/c1-4-20-23(29)8-5-16-9-17(31)10-21(25(16)20)27-26(30)24-14(2)15(3)33-28(22(24)11-32-27)35-12-18-6-7-19(13-35)34-18/h1,5,8-11,18-19,34H,6-7,12-13,31H2,2-3H3. The van der Waals surface area contributed by atoms with Gasteiger partial charge in [-0.1, -0.05) is 12.0 Å². The van der Waals surface area contributed by atoms with Gasteiger partial charge in [-0.15, -0.1) is 6.42 Å². The Labute approximate surface area is 202 Å². The minimum Gasteiger partial charge on any atom is -0.399 e. The van der Waals surface area contributed by atoms with Crippen LogP contribution in [0.25, 0.3) is 32.8 Å². The summed E-state index contributed by atoms with van der Waals surface area (Å²) in [6.45, 7) is 5.42. The molecule has 4 heterocycles. The second-order valence-corrected chi connectivity index (χ2v) is 9.63. The van der Waals surface area contributed by atoms with E-state index in [1.807, 2.05) is 13.8 Å². The van der Waals surface area contributed by atoms with Gasteiger partial charge in [0, 0.05) is 64.5 Å². The molecular weight excluding hydrogens is 444 g/mol. The first-order valence-corrected chi connectivity index (χ1v) is 11.8. The molecule has 2 aromatic heterocycles. The summed E-state index contributed by atoms with van der Waals surface area (Å²) in [4.78, 5) is 11.7. The number of aryl methyl sites for hydroxylation is 2. The first-order valence-electron chi connectivity index (χ1n) is 11.8. The van der Waals surface area contributed by atoms with E-state index in [1.165, 1.54) is 6.07 Å². The number of aromatic nitrogens is 2. The number of nitrogens with zero attached hydrogens (tertiary/aromatic N) is 3. The van der Waals surface area contributed by atoms with Crippen LogP contribution >= 0.6 is 0 Å². The van der Waals surface area contributed by atoms with E-state index < -0.39 is 11.6 Å². The molecule has 3 N–H and O–H groups in total. The molecule has 2 aliphatic heterocycles. The van der Waals surface area contributed by atoms with Crippen LogP contribution in [0, 0.1) is 37.8 Å². The third-order valence-electron chi connectivity index (χ3n) is 7.46. The second kappa shape index (κ2) is 7.89. The number of hydrogen-bond acceptors (Lipinski definition) is 5. The van der Waals surface area contributed by atoms with Crippen LogP contribution in [0.3, 0.4) is 0 Å². The Morgan fingerprint density at radius 1 is 1.11 bits per heavy atom. The second-order valence-electron chi connectivity index (χ2n) is 9.63. The Morgan fingerprint density at radius 3 is 2.57 bits per heavy atom. The molecule has 2 aromatic carbocycles. The normalized spacial score (nSPS) is 19.5. The maximum absolute atomic E-state index is 16.4. The number of terminal acetylenes is 1. The highest BCUT2D eigenvalue weighted by atomic mass is 19.1. The van der Waals surface area contributed by atoms with Crippen molar-refractivity contribution in [3.63, 3.8) is 0 Å². The number of piperazine rings is 1. The maximum Gasteiger partial charge on any atom is 0.157 e. The highest BCUT2D eigenvalue weighted by Gasteiger charge is 2.34. The van der Waals surface area contributed by atoms with Crippen molar-refractivity contribution in [3.05, 3.63) is 58.9 Å². The Hall–Kier alpha value is -3.76. The monoisotopic (exact) mass is 469 g/mol. The van der Waals surface area contributed by atoms with E-state index in [4.69, 9.17) is 17.1 Å². The van der Waals surface area contributed by atoms with Gasteiger partial charge in [0.1, 0.15) is 17.3 Å². The van der Waals surface area contributed by atoms with Crippen molar-refractivity contribution in [3.8, 4) is 23.6 Å². The summed E-state index contributed by atoms with van der Waals surface area (Å²) < 4.78 is 31.0. The molecule has 176 valence electrons. The summed E-state index contributed by atoms with van der Waals surface area (Å²) in [5.74, 6) is 2.15. The third-order valence-corrected chi connectivity index (χ3v) is 7.46. The van der Waals surface area contributed by atoms with Gasteiger partial charge in [0.05, 0.1) is 5.56 Å². The Kier molecular flexibility index (Phi) is 4.90. The van der Waals surface area contributed by atoms with Gasteiger partial charge in [0.2, 0.25) is 0 Å². The zero-order valence-electron chi connectivity index (χ0n) is 19.6. The minimum atomic E-state index is -0.543. The summed E-state index contributed by atoms with van der Waals surface area (Å²) in [5.41, 5.74) is 8.62. The lowest BCUT2D eigenvalue weighted by Crippen LogP contribution is -2.51. The number of anilines is 2. The number of hydrogen-bond donors (Lipinski definition) is 2. The molecule has 5 nitrogen and oxygen atoms in total. The number of fused-ring (bicyclic) bond motifs is 4. The fraction of sp³-hybridized carbons (Fsp3) is 0.286. The van der Waals surface area contributed by atoms with Crippen molar-refractivity contribution in [2.45, 2.75) is 38.8 Å². The van der Waals surface area contributed by atoms with E-state index in [1.54, 1.807) is 24.4 Å². The molecule has 0 radical (unpaired) electrons. The van der Waals surface area contributed by atoms with E-state index in [0.29, 0.717) is 44.9 Å². The number of rotatable bonds is 2. The van der Waals surface area contributed by atoms with Gasteiger partial charge >= 0.3 is 0 Å². The Morgan fingerprint density at radius 2 is 1.86 bits per heavy atom. The lowest BCUT2D eigenvalue weighted by molar-refractivity contribution is 0.464. The fourth-order valence-electron chi connectivity index (χ4n) is 5.70. The average Bonchev–Trinajstić information content (AvgIpc) is 3.18. The Bertz CT molecular complexity index is 1560. The van der Waals surface area contributed by atoms with Crippen LogP contribution in [-0.2, 0) is 0 Å². The maximum atomic E-state index is 16.4. The predicted molar refractivity (Wildman–Crippen MR) is 136 cm³/mol. The molecule has 7 heteroatoms. The van der Waals surface area contributed by atoms with Crippen molar-refractivity contribution >= 4 is 33.1 Å². The van der Waals surface area contributed by atoms with Crippen LogP contribution < -0.4 is 16.0 Å². The first kappa shape index (κ1) is 21.8. The summed E-state index contributed by atoms with van der Waals surface area (Å²) in [5, 5.41) is 5.83. The number of benzene rings is 2. The molecule has 2 aliphatic rings. The lowest BCUT2D eigenvalue weighted by atomic mass is 9.94. The van der Waals surface area contributed by atoms with Crippen molar-refractivity contribution in [2.75, 3.05) is 23.7 Å². The molecule has 2 atom stereocenters. The van der Waals surface area contributed by atoms with E-state index in [2.05, 4.69) is 21.1 Å². The minimum absolute atomic E-state index is 0.0680. The van der Waals surface area contributed by atoms with Gasteiger partial charge < -0.3 is 16.0 Å². The molecule has 0 saturated carbocycles. The quantitative estimate of drug-likeness (QED) is 0.325. The third kappa shape index (κ3) is 3.32. The molecule has 2 fully saturated rings.